The highest BCUT2D eigenvalue weighted by molar-refractivity contribution is 7.22. The fraction of sp³-hybridized carbons (Fsp3) is 0.385. The second-order valence-electron chi connectivity index (χ2n) is 4.42. The summed E-state index contributed by atoms with van der Waals surface area (Å²) in [4.78, 5) is 15.1. The summed E-state index contributed by atoms with van der Waals surface area (Å²) in [7, 11) is 1.55. The molecule has 1 atom stereocenters. The first kappa shape index (κ1) is 14.1. The maximum Gasteiger partial charge on any atom is 0.410 e. The van der Waals surface area contributed by atoms with Crippen molar-refractivity contribution in [3.05, 3.63) is 17.7 Å². The molecule has 1 saturated heterocycles. The Labute approximate surface area is 124 Å². The van der Waals surface area contributed by atoms with Crippen molar-refractivity contribution < 1.29 is 24.1 Å². The van der Waals surface area contributed by atoms with Crippen LogP contribution >= 0.6 is 11.3 Å². The molecule has 2 N–H and O–H groups in total. The molecule has 2 heterocycles. The van der Waals surface area contributed by atoms with Gasteiger partial charge in [-0.05, 0) is 6.07 Å². The van der Waals surface area contributed by atoms with Gasteiger partial charge in [-0.3, -0.25) is 5.32 Å². The molecule has 1 amide bonds. The highest BCUT2D eigenvalue weighted by Gasteiger charge is 2.22. The van der Waals surface area contributed by atoms with Crippen LogP contribution in [0.1, 0.15) is 11.7 Å². The number of ether oxygens (including phenoxy) is 3. The molecule has 21 heavy (non-hydrogen) atoms. The van der Waals surface area contributed by atoms with E-state index in [2.05, 4.69) is 10.3 Å². The van der Waals surface area contributed by atoms with Gasteiger partial charge in [-0.25, -0.2) is 9.78 Å². The zero-order chi connectivity index (χ0) is 14.8. The normalized spacial score (nSPS) is 18.6. The monoisotopic (exact) mass is 310 g/mol. The number of nitrogens with zero attached hydrogens (tertiary/aromatic N) is 1. The molecular weight excluding hydrogens is 296 g/mol. The van der Waals surface area contributed by atoms with Gasteiger partial charge in [0, 0.05) is 5.56 Å². The number of aromatic nitrogens is 1. The van der Waals surface area contributed by atoms with E-state index >= 15 is 0 Å². The number of thiazole rings is 1. The number of anilines is 1. The molecule has 0 bridgehead atoms. The van der Waals surface area contributed by atoms with Crippen molar-refractivity contribution in [2.45, 2.75) is 6.10 Å². The van der Waals surface area contributed by atoms with E-state index in [4.69, 9.17) is 19.3 Å². The number of hydrogen-bond acceptors (Lipinski definition) is 6. The fourth-order valence-electron chi connectivity index (χ4n) is 2.23. The fourth-order valence-corrected chi connectivity index (χ4v) is 3.26. The molecule has 0 aliphatic carbocycles. The van der Waals surface area contributed by atoms with E-state index < -0.39 is 6.09 Å². The molecule has 1 fully saturated rings. The summed E-state index contributed by atoms with van der Waals surface area (Å²) in [5.41, 5.74) is 1.55. The van der Waals surface area contributed by atoms with Crippen LogP contribution in [0.15, 0.2) is 12.1 Å². The zero-order valence-electron chi connectivity index (χ0n) is 11.3. The van der Waals surface area contributed by atoms with Crippen LogP contribution in [0.3, 0.4) is 0 Å². The molecule has 8 heteroatoms. The molecule has 1 aromatic heterocycles. The molecule has 1 unspecified atom stereocenters. The number of carbonyl (C=O) groups is 1. The molecule has 3 rings (SSSR count). The number of methoxy groups -OCH3 is 1. The van der Waals surface area contributed by atoms with Gasteiger partial charge in [0.05, 0.1) is 31.6 Å². The molecule has 1 aliphatic heterocycles. The quantitative estimate of drug-likeness (QED) is 0.905. The smallest absolute Gasteiger partial charge is 0.410 e. The standard InChI is InChI=1S/C13H14N2O5S/c1-18-8-3-2-7(9-6-19-4-5-20-9)11-10(8)14-12(21-11)15-13(16)17/h2-3,9H,4-6H2,1H3,(H,14,15)(H,16,17). The van der Waals surface area contributed by atoms with E-state index in [-0.39, 0.29) is 6.10 Å². The Morgan fingerprint density at radius 2 is 2.38 bits per heavy atom. The van der Waals surface area contributed by atoms with E-state index in [0.717, 1.165) is 10.3 Å². The van der Waals surface area contributed by atoms with Crippen molar-refractivity contribution in [3.8, 4) is 5.75 Å². The number of carboxylic acid groups (broad SMARTS) is 1. The summed E-state index contributed by atoms with van der Waals surface area (Å²) in [6.45, 7) is 1.60. The third-order valence-electron chi connectivity index (χ3n) is 3.13. The lowest BCUT2D eigenvalue weighted by Gasteiger charge is -2.23. The van der Waals surface area contributed by atoms with Gasteiger partial charge < -0.3 is 19.3 Å². The lowest BCUT2D eigenvalue weighted by molar-refractivity contribution is -0.0895. The summed E-state index contributed by atoms with van der Waals surface area (Å²) in [5.74, 6) is 0.597. The van der Waals surface area contributed by atoms with Crippen molar-refractivity contribution in [1.29, 1.82) is 0 Å². The van der Waals surface area contributed by atoms with Crippen LogP contribution in [-0.4, -0.2) is 43.1 Å². The first-order valence-electron chi connectivity index (χ1n) is 6.35. The minimum Gasteiger partial charge on any atom is -0.494 e. The summed E-state index contributed by atoms with van der Waals surface area (Å²) in [6, 6.07) is 3.71. The molecule has 2 aromatic rings. The second kappa shape index (κ2) is 5.84. The van der Waals surface area contributed by atoms with Crippen LogP contribution in [0.2, 0.25) is 0 Å². The first-order chi connectivity index (χ1) is 10.2. The van der Waals surface area contributed by atoms with E-state index in [0.29, 0.717) is 36.2 Å². The number of fused-ring (bicyclic) bond motifs is 1. The Hall–Kier alpha value is -1.90. The van der Waals surface area contributed by atoms with E-state index in [1.165, 1.54) is 11.3 Å². The summed E-state index contributed by atoms with van der Waals surface area (Å²) < 4.78 is 17.3. The van der Waals surface area contributed by atoms with E-state index in [1.54, 1.807) is 13.2 Å². The van der Waals surface area contributed by atoms with Crippen LogP contribution in [0.5, 0.6) is 5.75 Å². The van der Waals surface area contributed by atoms with E-state index in [9.17, 15) is 4.79 Å². The van der Waals surface area contributed by atoms with Crippen LogP contribution in [0, 0.1) is 0 Å². The van der Waals surface area contributed by atoms with E-state index in [1.807, 2.05) is 6.07 Å². The highest BCUT2D eigenvalue weighted by Crippen LogP contribution is 2.38. The minimum absolute atomic E-state index is 0.176. The third-order valence-corrected chi connectivity index (χ3v) is 4.15. The SMILES string of the molecule is COc1ccc(C2COCCO2)c2sc(NC(=O)O)nc12. The van der Waals surface area contributed by atoms with Gasteiger partial charge in [0.2, 0.25) is 0 Å². The molecule has 0 radical (unpaired) electrons. The second-order valence-corrected chi connectivity index (χ2v) is 5.42. The van der Waals surface area contributed by atoms with Crippen LogP contribution in [0.4, 0.5) is 9.93 Å². The largest absolute Gasteiger partial charge is 0.494 e. The predicted molar refractivity (Wildman–Crippen MR) is 77.3 cm³/mol. The zero-order valence-corrected chi connectivity index (χ0v) is 12.1. The molecule has 7 nitrogen and oxygen atoms in total. The van der Waals surface area contributed by atoms with Gasteiger partial charge in [0.1, 0.15) is 17.4 Å². The molecule has 1 aliphatic rings. The Morgan fingerprint density at radius 1 is 1.52 bits per heavy atom. The maximum absolute atomic E-state index is 10.8. The number of hydrogen-bond donors (Lipinski definition) is 2. The van der Waals surface area contributed by atoms with Crippen LogP contribution < -0.4 is 10.1 Å². The lowest BCUT2D eigenvalue weighted by Crippen LogP contribution is -2.21. The molecule has 1 aromatic carbocycles. The highest BCUT2D eigenvalue weighted by atomic mass is 32.1. The maximum atomic E-state index is 10.8. The number of amides is 1. The van der Waals surface area contributed by atoms with Crippen LogP contribution in [-0.2, 0) is 9.47 Å². The molecule has 0 saturated carbocycles. The predicted octanol–water partition coefficient (Wildman–Crippen LogP) is 2.48. The Balaban J connectivity index is 2.07. The summed E-state index contributed by atoms with van der Waals surface area (Å²) in [6.07, 6.45) is -1.32. The molecular formula is C13H14N2O5S. The van der Waals surface area contributed by atoms with Crippen molar-refractivity contribution in [1.82, 2.24) is 4.98 Å². The Bertz CT molecular complexity index is 666. The first-order valence-corrected chi connectivity index (χ1v) is 7.17. The summed E-state index contributed by atoms with van der Waals surface area (Å²) in [5, 5.41) is 11.4. The summed E-state index contributed by atoms with van der Waals surface area (Å²) >= 11 is 1.26. The Morgan fingerprint density at radius 3 is 3.05 bits per heavy atom. The van der Waals surface area contributed by atoms with Gasteiger partial charge in [-0.1, -0.05) is 17.4 Å². The van der Waals surface area contributed by atoms with Gasteiger partial charge in [0.25, 0.3) is 0 Å². The van der Waals surface area contributed by atoms with Crippen LogP contribution in [0.25, 0.3) is 10.2 Å². The van der Waals surface area contributed by atoms with Gasteiger partial charge in [0.15, 0.2) is 5.13 Å². The number of rotatable bonds is 3. The number of nitrogens with one attached hydrogen (secondary N) is 1. The average molecular weight is 310 g/mol. The van der Waals surface area contributed by atoms with Crippen molar-refractivity contribution in [2.75, 3.05) is 32.2 Å². The number of benzene rings is 1. The van der Waals surface area contributed by atoms with Gasteiger partial charge in [-0.15, -0.1) is 0 Å². The molecule has 112 valence electrons. The third kappa shape index (κ3) is 2.78. The van der Waals surface area contributed by atoms with Crippen molar-refractivity contribution in [2.24, 2.45) is 0 Å². The molecule has 0 spiro atoms. The van der Waals surface area contributed by atoms with Gasteiger partial charge >= 0.3 is 6.09 Å². The van der Waals surface area contributed by atoms with Crippen molar-refractivity contribution in [3.63, 3.8) is 0 Å². The minimum atomic E-state index is -1.15. The Kier molecular flexibility index (Phi) is 3.91. The van der Waals surface area contributed by atoms with Crippen molar-refractivity contribution >= 4 is 32.8 Å². The lowest BCUT2D eigenvalue weighted by atomic mass is 10.1. The average Bonchev–Trinajstić information content (AvgIpc) is 2.89. The van der Waals surface area contributed by atoms with Gasteiger partial charge in [-0.2, -0.15) is 0 Å². The topological polar surface area (TPSA) is 89.9 Å².